The van der Waals surface area contributed by atoms with Crippen LogP contribution in [-0.4, -0.2) is 48.1 Å². The summed E-state index contributed by atoms with van der Waals surface area (Å²) in [7, 11) is 1.58. The third-order valence-electron chi connectivity index (χ3n) is 5.49. The van der Waals surface area contributed by atoms with E-state index in [1.807, 2.05) is 13.0 Å². The standard InChI is InChI=1S/C23H25NO6/c1-13-5-7-18(29-13)20-19(22(26)23(27)24(20)9-4-10-28-3)21(25)15-6-8-17-16(12-15)11-14(2)30-17/h5-8,12,14,20,25H,4,9-11H2,1-3H3/b21-19+. The highest BCUT2D eigenvalue weighted by Gasteiger charge is 2.47. The predicted molar refractivity (Wildman–Crippen MR) is 109 cm³/mol. The maximum Gasteiger partial charge on any atom is 0.295 e. The van der Waals surface area contributed by atoms with Crippen LogP contribution < -0.4 is 4.74 Å². The minimum Gasteiger partial charge on any atom is -0.507 e. The quantitative estimate of drug-likeness (QED) is 0.339. The van der Waals surface area contributed by atoms with Crippen molar-refractivity contribution in [1.82, 2.24) is 4.90 Å². The van der Waals surface area contributed by atoms with E-state index in [2.05, 4.69) is 0 Å². The second kappa shape index (κ2) is 7.99. The number of methoxy groups -OCH3 is 1. The van der Waals surface area contributed by atoms with E-state index in [4.69, 9.17) is 13.9 Å². The van der Waals surface area contributed by atoms with Gasteiger partial charge in [-0.3, -0.25) is 9.59 Å². The topological polar surface area (TPSA) is 89.2 Å². The lowest BCUT2D eigenvalue weighted by Gasteiger charge is -2.23. The van der Waals surface area contributed by atoms with E-state index in [0.717, 1.165) is 17.7 Å². The summed E-state index contributed by atoms with van der Waals surface area (Å²) in [5.74, 6) is 0.320. The number of aryl methyl sites for hydroxylation is 1. The summed E-state index contributed by atoms with van der Waals surface area (Å²) in [5.41, 5.74) is 1.49. The van der Waals surface area contributed by atoms with Crippen molar-refractivity contribution in [3.8, 4) is 5.75 Å². The van der Waals surface area contributed by atoms with Crippen LogP contribution in [0.3, 0.4) is 0 Å². The highest BCUT2D eigenvalue weighted by molar-refractivity contribution is 6.46. The van der Waals surface area contributed by atoms with Gasteiger partial charge in [0, 0.05) is 32.2 Å². The molecule has 1 aromatic heterocycles. The van der Waals surface area contributed by atoms with Crippen LogP contribution >= 0.6 is 0 Å². The Morgan fingerprint density at radius 1 is 1.27 bits per heavy atom. The minimum atomic E-state index is -0.779. The lowest BCUT2D eigenvalue weighted by molar-refractivity contribution is -0.140. The second-order valence-electron chi connectivity index (χ2n) is 7.74. The van der Waals surface area contributed by atoms with Crippen LogP contribution in [-0.2, 0) is 20.7 Å². The number of benzene rings is 1. The van der Waals surface area contributed by atoms with Gasteiger partial charge in [0.05, 0.1) is 5.57 Å². The van der Waals surface area contributed by atoms with Gasteiger partial charge in [-0.05, 0) is 56.2 Å². The number of nitrogens with zero attached hydrogens (tertiary/aromatic N) is 1. The molecule has 0 radical (unpaired) electrons. The molecule has 30 heavy (non-hydrogen) atoms. The molecule has 2 atom stereocenters. The number of amides is 1. The Bertz CT molecular complexity index is 1020. The van der Waals surface area contributed by atoms with Crippen LogP contribution in [0, 0.1) is 6.92 Å². The van der Waals surface area contributed by atoms with Gasteiger partial charge in [0.25, 0.3) is 11.7 Å². The number of aliphatic hydroxyl groups excluding tert-OH is 1. The van der Waals surface area contributed by atoms with Gasteiger partial charge in [0.15, 0.2) is 0 Å². The van der Waals surface area contributed by atoms with Crippen molar-refractivity contribution in [3.05, 3.63) is 58.6 Å². The summed E-state index contributed by atoms with van der Waals surface area (Å²) in [4.78, 5) is 27.2. The van der Waals surface area contributed by atoms with Crippen molar-refractivity contribution in [1.29, 1.82) is 0 Å². The lowest BCUT2D eigenvalue weighted by Crippen LogP contribution is -2.31. The second-order valence-corrected chi connectivity index (χ2v) is 7.74. The number of rotatable bonds is 6. The van der Waals surface area contributed by atoms with Crippen molar-refractivity contribution >= 4 is 17.4 Å². The fourth-order valence-corrected chi connectivity index (χ4v) is 4.11. The molecule has 1 aromatic carbocycles. The van der Waals surface area contributed by atoms with Gasteiger partial charge >= 0.3 is 0 Å². The molecule has 2 aliphatic rings. The number of ether oxygens (including phenoxy) is 2. The van der Waals surface area contributed by atoms with Gasteiger partial charge in [-0.1, -0.05) is 0 Å². The molecule has 2 aliphatic heterocycles. The van der Waals surface area contributed by atoms with Crippen LogP contribution in [0.1, 0.15) is 42.0 Å². The Morgan fingerprint density at radius 3 is 2.77 bits per heavy atom. The van der Waals surface area contributed by atoms with Gasteiger partial charge in [-0.25, -0.2) is 0 Å². The van der Waals surface area contributed by atoms with Crippen LogP contribution in [0.4, 0.5) is 0 Å². The highest BCUT2D eigenvalue weighted by atomic mass is 16.5. The van der Waals surface area contributed by atoms with Crippen molar-refractivity contribution in [2.45, 2.75) is 38.8 Å². The molecule has 7 nitrogen and oxygen atoms in total. The molecule has 1 N–H and O–H groups in total. The molecule has 1 fully saturated rings. The molecular formula is C23H25NO6. The van der Waals surface area contributed by atoms with Crippen molar-refractivity contribution < 1.29 is 28.6 Å². The Kier molecular flexibility index (Phi) is 5.39. The third kappa shape index (κ3) is 3.50. The average molecular weight is 411 g/mol. The van der Waals surface area contributed by atoms with Crippen molar-refractivity contribution in [3.63, 3.8) is 0 Å². The number of hydrogen-bond donors (Lipinski definition) is 1. The number of carbonyl (C=O) groups is 2. The molecular weight excluding hydrogens is 386 g/mol. The zero-order valence-electron chi connectivity index (χ0n) is 17.3. The smallest absolute Gasteiger partial charge is 0.295 e. The van der Waals surface area contributed by atoms with Crippen molar-refractivity contribution in [2.75, 3.05) is 20.3 Å². The van der Waals surface area contributed by atoms with E-state index >= 15 is 0 Å². The Hall–Kier alpha value is -3.06. The molecule has 2 aromatic rings. The highest BCUT2D eigenvalue weighted by Crippen LogP contribution is 2.41. The average Bonchev–Trinajstić information content (AvgIpc) is 3.38. The van der Waals surface area contributed by atoms with Gasteiger partial charge in [0.1, 0.15) is 35.2 Å². The van der Waals surface area contributed by atoms with E-state index < -0.39 is 17.7 Å². The third-order valence-corrected chi connectivity index (χ3v) is 5.49. The molecule has 0 bridgehead atoms. The molecule has 0 aliphatic carbocycles. The van der Waals surface area contributed by atoms with Gasteiger partial charge in [-0.2, -0.15) is 0 Å². The molecule has 1 saturated heterocycles. The number of carbonyl (C=O) groups excluding carboxylic acids is 2. The number of likely N-dealkylation sites (tertiary alicyclic amines) is 1. The molecule has 3 heterocycles. The van der Waals surface area contributed by atoms with Gasteiger partial charge in [0.2, 0.25) is 0 Å². The summed E-state index contributed by atoms with van der Waals surface area (Å²) in [6.45, 7) is 4.54. The Labute approximate surface area is 174 Å². The summed E-state index contributed by atoms with van der Waals surface area (Å²) in [6.07, 6.45) is 1.35. The molecule has 2 unspecified atom stereocenters. The number of furan rings is 1. The number of hydrogen-bond acceptors (Lipinski definition) is 6. The SMILES string of the molecule is COCCCN1C(=O)C(=O)/C(=C(/O)c2ccc3c(c2)CC(C)O3)C1c1ccc(C)o1. The van der Waals surface area contributed by atoms with E-state index in [1.54, 1.807) is 38.3 Å². The van der Waals surface area contributed by atoms with Crippen LogP contribution in [0.15, 0.2) is 40.3 Å². The Balaban J connectivity index is 1.78. The Morgan fingerprint density at radius 2 is 2.07 bits per heavy atom. The molecule has 4 rings (SSSR count). The number of fused-ring (bicyclic) bond motifs is 1. The fraction of sp³-hybridized carbons (Fsp3) is 0.391. The molecule has 0 saturated carbocycles. The van der Waals surface area contributed by atoms with Crippen LogP contribution in [0.5, 0.6) is 5.75 Å². The summed E-state index contributed by atoms with van der Waals surface area (Å²) in [5, 5.41) is 11.1. The van der Waals surface area contributed by atoms with Gasteiger partial charge < -0.3 is 23.9 Å². The monoisotopic (exact) mass is 411 g/mol. The minimum absolute atomic E-state index is 0.0404. The van der Waals surface area contributed by atoms with Crippen LogP contribution in [0.25, 0.3) is 5.76 Å². The molecule has 0 spiro atoms. The largest absolute Gasteiger partial charge is 0.507 e. The number of aliphatic hydroxyl groups is 1. The number of Topliss-reactive ketones (excluding diaryl/α,β-unsaturated/α-hetero) is 1. The maximum absolute atomic E-state index is 12.9. The van der Waals surface area contributed by atoms with E-state index in [9.17, 15) is 14.7 Å². The first-order valence-electron chi connectivity index (χ1n) is 10.0. The van der Waals surface area contributed by atoms with E-state index in [-0.39, 0.29) is 17.4 Å². The first-order chi connectivity index (χ1) is 14.4. The zero-order chi connectivity index (χ0) is 21.4. The normalized spacial score (nSPS) is 22.4. The first kappa shape index (κ1) is 20.2. The van der Waals surface area contributed by atoms with E-state index in [0.29, 0.717) is 36.7 Å². The molecule has 1 amide bonds. The fourth-order valence-electron chi connectivity index (χ4n) is 4.11. The first-order valence-corrected chi connectivity index (χ1v) is 10.0. The molecule has 158 valence electrons. The maximum atomic E-state index is 12.9. The van der Waals surface area contributed by atoms with Gasteiger partial charge in [-0.15, -0.1) is 0 Å². The van der Waals surface area contributed by atoms with E-state index in [1.165, 1.54) is 4.90 Å². The van der Waals surface area contributed by atoms with Crippen LogP contribution in [0.2, 0.25) is 0 Å². The molecule has 7 heteroatoms. The number of ketones is 1. The zero-order valence-corrected chi connectivity index (χ0v) is 17.3. The summed E-state index contributed by atoms with van der Waals surface area (Å²) >= 11 is 0. The van der Waals surface area contributed by atoms with Crippen molar-refractivity contribution in [2.24, 2.45) is 0 Å². The predicted octanol–water partition coefficient (Wildman–Crippen LogP) is 3.37. The summed E-state index contributed by atoms with van der Waals surface area (Å²) < 4.78 is 16.6. The summed E-state index contributed by atoms with van der Waals surface area (Å²) in [6, 6.07) is 8.04. The lowest BCUT2D eigenvalue weighted by atomic mass is 9.97.